The van der Waals surface area contributed by atoms with Gasteiger partial charge in [-0.3, -0.25) is 4.79 Å². The third-order valence-electron chi connectivity index (χ3n) is 5.79. The monoisotopic (exact) mass is 450 g/mol. The Hall–Kier alpha value is -2.42. The number of carbonyl (C=O) groups excluding carboxylic acids is 1. The van der Waals surface area contributed by atoms with Gasteiger partial charge in [0.05, 0.1) is 17.8 Å². The Morgan fingerprint density at radius 3 is 2.83 bits per heavy atom. The number of hydrogen-bond donors (Lipinski definition) is 2. The lowest BCUT2D eigenvalue weighted by atomic mass is 10.0. The van der Waals surface area contributed by atoms with Crippen LogP contribution in [0.3, 0.4) is 0 Å². The van der Waals surface area contributed by atoms with Crippen LogP contribution in [0.25, 0.3) is 22.3 Å². The van der Waals surface area contributed by atoms with E-state index < -0.39 is 12.2 Å². The third-order valence-corrected chi connectivity index (χ3v) is 6.22. The topological polar surface area (TPSA) is 91.1 Å². The van der Waals surface area contributed by atoms with Crippen LogP contribution >= 0.6 is 24.0 Å². The summed E-state index contributed by atoms with van der Waals surface area (Å²) in [6.45, 7) is 1.35. The molecule has 0 spiro atoms. The molecule has 1 aromatic carbocycles. The Morgan fingerprint density at radius 1 is 1.30 bits per heavy atom. The molecular formula is C20H21Cl2FN6O. The summed E-state index contributed by atoms with van der Waals surface area (Å²) in [7, 11) is 1.76. The number of fused-ring (bicyclic) bond motifs is 2. The zero-order chi connectivity index (χ0) is 20.3. The van der Waals surface area contributed by atoms with Crippen molar-refractivity contribution in [1.29, 1.82) is 0 Å². The largest absolute Gasteiger partial charge is 0.352 e. The third kappa shape index (κ3) is 3.19. The normalized spacial score (nSPS) is 21.1. The summed E-state index contributed by atoms with van der Waals surface area (Å²) in [5, 5.41) is 0.553. The number of H-pyrrole nitrogens is 1. The van der Waals surface area contributed by atoms with E-state index in [0.29, 0.717) is 47.1 Å². The maximum absolute atomic E-state index is 14.0. The van der Waals surface area contributed by atoms with Gasteiger partial charge in [-0.1, -0.05) is 17.7 Å². The molecule has 1 saturated heterocycles. The molecule has 30 heavy (non-hydrogen) atoms. The molecule has 158 valence electrons. The van der Waals surface area contributed by atoms with E-state index in [1.54, 1.807) is 24.2 Å². The summed E-state index contributed by atoms with van der Waals surface area (Å²) >= 11 is 6.66. The minimum absolute atomic E-state index is 0. The molecular weight excluding hydrogens is 430 g/mol. The molecule has 0 saturated carbocycles. The smallest absolute Gasteiger partial charge is 0.254 e. The molecule has 7 nitrogen and oxygen atoms in total. The summed E-state index contributed by atoms with van der Waals surface area (Å²) in [5.74, 6) is 0.594. The second-order valence-corrected chi connectivity index (χ2v) is 8.03. The average molecular weight is 451 g/mol. The highest BCUT2D eigenvalue weighted by molar-refractivity contribution is 6.35. The first-order valence-electron chi connectivity index (χ1n) is 9.50. The first-order chi connectivity index (χ1) is 13.9. The van der Waals surface area contributed by atoms with Gasteiger partial charge in [-0.2, -0.15) is 0 Å². The van der Waals surface area contributed by atoms with Gasteiger partial charge in [0.15, 0.2) is 5.65 Å². The van der Waals surface area contributed by atoms with Crippen LogP contribution in [0.2, 0.25) is 5.02 Å². The van der Waals surface area contributed by atoms with Crippen molar-refractivity contribution in [2.45, 2.75) is 25.2 Å². The molecule has 0 unspecified atom stereocenters. The van der Waals surface area contributed by atoms with Crippen molar-refractivity contribution >= 4 is 46.9 Å². The lowest BCUT2D eigenvalue weighted by Crippen LogP contribution is -2.48. The Labute approximate surface area is 183 Å². The van der Waals surface area contributed by atoms with Crippen LogP contribution in [0.15, 0.2) is 24.5 Å². The highest BCUT2D eigenvalue weighted by atomic mass is 35.5. The molecule has 3 N–H and O–H groups in total. The second-order valence-electron chi connectivity index (χ2n) is 7.66. The Morgan fingerprint density at radius 2 is 2.07 bits per heavy atom. The highest BCUT2D eigenvalue weighted by Gasteiger charge is 2.29. The lowest BCUT2D eigenvalue weighted by molar-refractivity contribution is 0.0816. The lowest BCUT2D eigenvalue weighted by Gasteiger charge is -2.33. The van der Waals surface area contributed by atoms with E-state index in [9.17, 15) is 9.18 Å². The van der Waals surface area contributed by atoms with Gasteiger partial charge in [-0.15, -0.1) is 12.4 Å². The fourth-order valence-electron chi connectivity index (χ4n) is 4.07. The number of nitrogens with one attached hydrogen (secondary N) is 1. The van der Waals surface area contributed by atoms with Gasteiger partial charge in [0.1, 0.15) is 17.5 Å². The van der Waals surface area contributed by atoms with Crippen molar-refractivity contribution in [2.75, 3.05) is 25.0 Å². The van der Waals surface area contributed by atoms with Crippen molar-refractivity contribution in [3.05, 3.63) is 40.7 Å². The van der Waals surface area contributed by atoms with Crippen molar-refractivity contribution in [3.63, 3.8) is 0 Å². The fraction of sp³-hybridized carbons (Fsp3) is 0.350. The number of alkyl halides is 1. The number of hydrogen-bond acceptors (Lipinski definition) is 5. The van der Waals surface area contributed by atoms with Gasteiger partial charge < -0.3 is 20.5 Å². The molecule has 10 heteroatoms. The number of rotatable bonds is 2. The van der Waals surface area contributed by atoms with Crippen LogP contribution < -0.4 is 10.6 Å². The number of halogens is 3. The molecule has 2 aliphatic rings. The van der Waals surface area contributed by atoms with E-state index in [0.717, 1.165) is 16.7 Å². The molecule has 0 bridgehead atoms. The van der Waals surface area contributed by atoms with Crippen LogP contribution in [0.5, 0.6) is 0 Å². The molecule has 0 aliphatic carbocycles. The van der Waals surface area contributed by atoms with Gasteiger partial charge in [0.2, 0.25) is 0 Å². The Bertz CT molecular complexity index is 1140. The van der Waals surface area contributed by atoms with Gasteiger partial charge in [-0.25, -0.2) is 14.4 Å². The number of amides is 1. The summed E-state index contributed by atoms with van der Waals surface area (Å²) in [6.07, 6.45) is 2.97. The molecule has 4 heterocycles. The number of nitrogens with zero attached hydrogens (tertiary/aromatic N) is 4. The number of piperidine rings is 1. The zero-order valence-electron chi connectivity index (χ0n) is 16.2. The number of benzene rings is 1. The number of anilines is 1. The summed E-state index contributed by atoms with van der Waals surface area (Å²) < 4.78 is 14.0. The summed E-state index contributed by atoms with van der Waals surface area (Å²) in [4.78, 5) is 28.0. The van der Waals surface area contributed by atoms with E-state index >= 15 is 0 Å². The first-order valence-corrected chi connectivity index (χ1v) is 9.87. The van der Waals surface area contributed by atoms with E-state index in [4.69, 9.17) is 17.3 Å². The van der Waals surface area contributed by atoms with E-state index in [1.165, 1.54) is 0 Å². The van der Waals surface area contributed by atoms with Crippen LogP contribution in [-0.2, 0) is 6.54 Å². The standard InChI is InChI=1S/C20H20ClFN6O.ClH/c1-27-8-13-11(20(27)29)3-2-10(17(13)21)12-6-25-19-18(12)24-7-16(26-19)28-5-4-15(23)14(22)9-28;/h2-3,6-7,14-15H,4-5,8-9,23H2,1H3,(H,25,26);1H/t14-,15+;/m1./s1. The van der Waals surface area contributed by atoms with Crippen molar-refractivity contribution < 1.29 is 9.18 Å². The van der Waals surface area contributed by atoms with Crippen LogP contribution in [-0.4, -0.2) is 58.1 Å². The van der Waals surface area contributed by atoms with Crippen LogP contribution in [0, 0.1) is 0 Å². The summed E-state index contributed by atoms with van der Waals surface area (Å²) in [6, 6.07) is 3.23. The molecule has 1 fully saturated rings. The van der Waals surface area contributed by atoms with E-state index in [-0.39, 0.29) is 24.9 Å². The first kappa shape index (κ1) is 20.8. The van der Waals surface area contributed by atoms with Gasteiger partial charge >= 0.3 is 0 Å². The molecule has 3 aromatic rings. The molecule has 5 rings (SSSR count). The quantitative estimate of drug-likeness (QED) is 0.625. The SMILES string of the molecule is CN1Cc2c(ccc(-c3c[nH]c4nc(N5CC[C@H](N)[C@H](F)C5)cnc34)c2Cl)C1=O.Cl. The second kappa shape index (κ2) is 7.68. The van der Waals surface area contributed by atoms with Crippen molar-refractivity contribution in [1.82, 2.24) is 19.9 Å². The van der Waals surface area contributed by atoms with E-state index in [1.807, 2.05) is 17.2 Å². The maximum atomic E-state index is 14.0. The zero-order valence-corrected chi connectivity index (χ0v) is 17.8. The number of nitrogens with two attached hydrogens (primary N) is 1. The molecule has 0 radical (unpaired) electrons. The molecule has 2 aliphatic heterocycles. The van der Waals surface area contributed by atoms with Crippen LogP contribution in [0.1, 0.15) is 22.3 Å². The minimum atomic E-state index is -1.08. The van der Waals surface area contributed by atoms with Gasteiger partial charge in [0.25, 0.3) is 5.91 Å². The Balaban J connectivity index is 0.00000218. The maximum Gasteiger partial charge on any atom is 0.254 e. The molecule has 1 amide bonds. The van der Waals surface area contributed by atoms with Gasteiger partial charge in [-0.05, 0) is 12.5 Å². The Kier molecular flexibility index (Phi) is 5.34. The predicted octanol–water partition coefficient (Wildman–Crippen LogP) is 3.16. The fourth-order valence-corrected chi connectivity index (χ4v) is 4.40. The number of aromatic amines is 1. The average Bonchev–Trinajstić information content (AvgIpc) is 3.26. The highest BCUT2D eigenvalue weighted by Crippen LogP contribution is 2.38. The van der Waals surface area contributed by atoms with Crippen molar-refractivity contribution in [2.24, 2.45) is 5.73 Å². The number of aromatic nitrogens is 3. The van der Waals surface area contributed by atoms with Gasteiger partial charge in [0, 0.05) is 54.6 Å². The minimum Gasteiger partial charge on any atom is -0.352 e. The predicted molar refractivity (Wildman–Crippen MR) is 117 cm³/mol. The van der Waals surface area contributed by atoms with Crippen molar-refractivity contribution in [3.8, 4) is 11.1 Å². The molecule has 2 atom stereocenters. The summed E-state index contributed by atoms with van der Waals surface area (Å²) in [5.41, 5.74) is 10.1. The van der Waals surface area contributed by atoms with Crippen LogP contribution in [0.4, 0.5) is 10.2 Å². The number of carbonyl (C=O) groups is 1. The van der Waals surface area contributed by atoms with E-state index in [2.05, 4.69) is 15.0 Å². The molecule has 2 aromatic heterocycles.